The highest BCUT2D eigenvalue weighted by molar-refractivity contribution is 6.24. The van der Waals surface area contributed by atoms with Crippen molar-refractivity contribution in [3.05, 3.63) is 77.8 Å². The zero-order valence-electron chi connectivity index (χ0n) is 28.5. The molecule has 0 spiro atoms. The molecule has 2 heterocycles. The summed E-state index contributed by atoms with van der Waals surface area (Å²) in [6.45, 7) is 5.95. The minimum absolute atomic E-state index is 0.0193. The zero-order valence-corrected chi connectivity index (χ0v) is 28.5. The molecular weight excluding hydrogens is 586 g/mol. The summed E-state index contributed by atoms with van der Waals surface area (Å²) >= 11 is 0. The molecular formula is C40H51N3O4. The van der Waals surface area contributed by atoms with Gasteiger partial charge in [-0.2, -0.15) is 0 Å². The monoisotopic (exact) mass is 637 g/mol. The van der Waals surface area contributed by atoms with Gasteiger partial charge in [-0.25, -0.2) is 4.98 Å². The number of aromatic nitrogens is 2. The van der Waals surface area contributed by atoms with Gasteiger partial charge in [-0.15, -0.1) is 0 Å². The number of fused-ring (bicyclic) bond motifs is 2. The highest BCUT2D eigenvalue weighted by Gasteiger charge is 2.31. The van der Waals surface area contributed by atoms with E-state index in [2.05, 4.69) is 29.4 Å². The maximum Gasteiger partial charge on any atom is 0.306 e. The van der Waals surface area contributed by atoms with E-state index in [0.29, 0.717) is 22.3 Å². The Morgan fingerprint density at radius 3 is 2.26 bits per heavy atom. The largest absolute Gasteiger partial charge is 0.455 e. The zero-order chi connectivity index (χ0) is 33.4. The summed E-state index contributed by atoms with van der Waals surface area (Å²) in [5.41, 5.74) is 2.97. The minimum atomic E-state index is -0.880. The van der Waals surface area contributed by atoms with Crippen molar-refractivity contribution in [1.29, 1.82) is 0 Å². The molecule has 0 bridgehead atoms. The summed E-state index contributed by atoms with van der Waals surface area (Å²) in [7, 11) is 0. The summed E-state index contributed by atoms with van der Waals surface area (Å²) in [6, 6.07) is 9.63. The second-order valence-electron chi connectivity index (χ2n) is 12.8. The van der Waals surface area contributed by atoms with Crippen LogP contribution in [0.4, 0.5) is 0 Å². The van der Waals surface area contributed by atoms with Gasteiger partial charge < -0.3 is 10.1 Å². The molecule has 0 saturated carbocycles. The second-order valence-corrected chi connectivity index (χ2v) is 12.8. The van der Waals surface area contributed by atoms with E-state index in [9.17, 15) is 14.4 Å². The van der Waals surface area contributed by atoms with Gasteiger partial charge in [-0.3, -0.25) is 19.4 Å². The number of amides is 1. The first-order valence-electron chi connectivity index (χ1n) is 17.6. The number of esters is 1. The smallest absolute Gasteiger partial charge is 0.306 e. The maximum atomic E-state index is 13.3. The lowest BCUT2D eigenvalue weighted by atomic mass is 9.90. The van der Waals surface area contributed by atoms with E-state index in [1.54, 1.807) is 6.20 Å². The molecule has 1 amide bonds. The highest BCUT2D eigenvalue weighted by Crippen LogP contribution is 2.37. The Morgan fingerprint density at radius 1 is 0.851 bits per heavy atom. The van der Waals surface area contributed by atoms with Gasteiger partial charge in [0.15, 0.2) is 0 Å². The molecule has 1 unspecified atom stereocenters. The van der Waals surface area contributed by atoms with Gasteiger partial charge in [0.25, 0.3) is 0 Å². The molecule has 1 aliphatic carbocycles. The number of allylic oxidation sites excluding steroid dienone is 4. The first-order chi connectivity index (χ1) is 22.9. The fraction of sp³-hybridized carbons (Fsp3) is 0.475. The third-order valence-corrected chi connectivity index (χ3v) is 8.55. The quantitative estimate of drug-likeness (QED) is 0.0436. The van der Waals surface area contributed by atoms with Crippen molar-refractivity contribution in [3.63, 3.8) is 0 Å². The van der Waals surface area contributed by atoms with Crippen LogP contribution in [-0.4, -0.2) is 40.3 Å². The Hall–Kier alpha value is -4.13. The Kier molecular flexibility index (Phi) is 14.3. The summed E-state index contributed by atoms with van der Waals surface area (Å²) in [5, 5.41) is 5.27. The molecule has 1 aliphatic rings. The molecule has 7 nitrogen and oxygen atoms in total. The van der Waals surface area contributed by atoms with Crippen LogP contribution in [0, 0.1) is 0 Å². The van der Waals surface area contributed by atoms with Crippen molar-refractivity contribution in [3.8, 4) is 0 Å². The number of nitrogens with zero attached hydrogens (tertiary/aromatic N) is 2. The van der Waals surface area contributed by atoms with Gasteiger partial charge in [-0.1, -0.05) is 94.2 Å². The Bertz CT molecular complexity index is 1620. The van der Waals surface area contributed by atoms with Crippen LogP contribution >= 0.6 is 0 Å². The fourth-order valence-electron chi connectivity index (χ4n) is 6.10. The van der Waals surface area contributed by atoms with E-state index < -0.39 is 6.10 Å². The highest BCUT2D eigenvalue weighted by atomic mass is 16.5. The van der Waals surface area contributed by atoms with E-state index >= 15 is 0 Å². The van der Waals surface area contributed by atoms with Crippen LogP contribution in [0.1, 0.15) is 127 Å². The van der Waals surface area contributed by atoms with Crippen molar-refractivity contribution >= 4 is 44.9 Å². The summed E-state index contributed by atoms with van der Waals surface area (Å²) in [4.78, 5) is 48.3. The van der Waals surface area contributed by atoms with Crippen molar-refractivity contribution in [2.45, 2.75) is 117 Å². The van der Waals surface area contributed by atoms with Crippen molar-refractivity contribution in [2.24, 2.45) is 0 Å². The van der Waals surface area contributed by atoms with Gasteiger partial charge in [0.1, 0.15) is 11.8 Å². The second kappa shape index (κ2) is 18.9. The van der Waals surface area contributed by atoms with Crippen molar-refractivity contribution < 1.29 is 19.1 Å². The molecule has 4 rings (SSSR count). The van der Waals surface area contributed by atoms with Crippen LogP contribution in [0.3, 0.4) is 0 Å². The van der Waals surface area contributed by atoms with E-state index in [1.165, 1.54) is 57.1 Å². The molecule has 1 N–H and O–H groups in total. The van der Waals surface area contributed by atoms with Crippen LogP contribution in [0.25, 0.3) is 27.2 Å². The van der Waals surface area contributed by atoms with E-state index in [4.69, 9.17) is 9.72 Å². The third kappa shape index (κ3) is 10.7. The van der Waals surface area contributed by atoms with E-state index in [1.807, 2.05) is 44.2 Å². The van der Waals surface area contributed by atoms with Crippen LogP contribution in [0.2, 0.25) is 0 Å². The molecule has 0 radical (unpaired) electrons. The molecule has 3 aromatic rings. The lowest BCUT2D eigenvalue weighted by Gasteiger charge is -2.25. The Balaban J connectivity index is 1.33. The molecule has 7 heteroatoms. The summed E-state index contributed by atoms with van der Waals surface area (Å²) < 4.78 is 6.01. The number of ketones is 1. The van der Waals surface area contributed by atoms with Gasteiger partial charge >= 0.3 is 5.97 Å². The molecule has 250 valence electrons. The standard InChI is InChI=1S/C40H51N3O4/c1-4-5-6-7-8-9-10-11-12-13-14-15-16-17-18-23-37(46)47-35(28-42-36(45)26-29(2)3)32-27-34(44)40-38-31(24-25-41-40)30-21-19-20-22-33(30)43-39(32)38/h11-12,19-22,24-27,35H,4-10,13-18,23,28H2,1-3H3,(H,42,45). The maximum absolute atomic E-state index is 13.3. The minimum Gasteiger partial charge on any atom is -0.455 e. The Labute approximate surface area is 280 Å². The lowest BCUT2D eigenvalue weighted by molar-refractivity contribution is -0.146. The molecule has 0 fully saturated rings. The normalized spacial score (nSPS) is 13.2. The van der Waals surface area contributed by atoms with E-state index in [0.717, 1.165) is 60.4 Å². The number of hydrogen-bond donors (Lipinski definition) is 1. The van der Waals surface area contributed by atoms with E-state index in [-0.39, 0.29) is 30.6 Å². The summed E-state index contributed by atoms with van der Waals surface area (Å²) in [6.07, 6.45) is 24.0. The summed E-state index contributed by atoms with van der Waals surface area (Å²) in [5.74, 6) is -0.916. The number of nitrogens with one attached hydrogen (secondary N) is 1. The average Bonchev–Trinajstić information content (AvgIpc) is 3.06. The van der Waals surface area contributed by atoms with Crippen LogP contribution < -0.4 is 5.32 Å². The number of unbranched alkanes of at least 4 members (excludes halogenated alkanes) is 11. The van der Waals surface area contributed by atoms with Gasteiger partial charge in [0, 0.05) is 35.0 Å². The predicted octanol–water partition coefficient (Wildman–Crippen LogP) is 9.39. The van der Waals surface area contributed by atoms with Crippen LogP contribution in [-0.2, 0) is 14.3 Å². The topological polar surface area (TPSA) is 98.2 Å². The Morgan fingerprint density at radius 2 is 1.53 bits per heavy atom. The molecule has 1 aromatic carbocycles. The number of hydrogen-bond acceptors (Lipinski definition) is 6. The number of carbonyl (C=O) groups is 3. The molecule has 0 saturated heterocycles. The third-order valence-electron chi connectivity index (χ3n) is 8.55. The van der Waals surface area contributed by atoms with Gasteiger partial charge in [0.05, 0.1) is 17.8 Å². The molecule has 47 heavy (non-hydrogen) atoms. The SMILES string of the molecule is CCCCCCCCC=CCCCCCCCC(=O)OC(CNC(=O)C=C(C)C)C1=CC(=O)c2nccc3c2c1nc1ccccc13. The average molecular weight is 638 g/mol. The van der Waals surface area contributed by atoms with Gasteiger partial charge in [-0.05, 0) is 69.5 Å². The number of para-hydroxylation sites is 1. The first-order valence-corrected chi connectivity index (χ1v) is 17.6. The predicted molar refractivity (Wildman–Crippen MR) is 191 cm³/mol. The van der Waals surface area contributed by atoms with Gasteiger partial charge in [0.2, 0.25) is 11.7 Å². The number of ether oxygens (including phenoxy) is 1. The molecule has 1 atom stereocenters. The van der Waals surface area contributed by atoms with Crippen molar-refractivity contribution in [1.82, 2.24) is 15.3 Å². The molecule has 2 aromatic heterocycles. The lowest BCUT2D eigenvalue weighted by Crippen LogP contribution is -2.36. The number of carbonyl (C=O) groups excluding carboxylic acids is 3. The number of benzene rings is 1. The molecule has 0 aliphatic heterocycles. The van der Waals surface area contributed by atoms with Crippen molar-refractivity contribution in [2.75, 3.05) is 6.54 Å². The first kappa shape index (κ1) is 35.7. The number of rotatable bonds is 20. The number of pyridine rings is 2. The van der Waals surface area contributed by atoms with Crippen LogP contribution in [0.5, 0.6) is 0 Å². The van der Waals surface area contributed by atoms with Crippen LogP contribution in [0.15, 0.2) is 66.4 Å². The fourth-order valence-corrected chi connectivity index (χ4v) is 6.10.